The zero-order valence-corrected chi connectivity index (χ0v) is 11.9. The van der Waals surface area contributed by atoms with E-state index in [1.807, 2.05) is 12.1 Å². The van der Waals surface area contributed by atoms with E-state index in [0.29, 0.717) is 18.4 Å². The van der Waals surface area contributed by atoms with Gasteiger partial charge in [0, 0.05) is 12.6 Å². The Morgan fingerprint density at radius 1 is 1.05 bits per heavy atom. The Kier molecular flexibility index (Phi) is 5.13. The van der Waals surface area contributed by atoms with Crippen molar-refractivity contribution in [1.29, 1.82) is 0 Å². The van der Waals surface area contributed by atoms with Crippen molar-refractivity contribution in [2.24, 2.45) is 0 Å². The van der Waals surface area contributed by atoms with Gasteiger partial charge < -0.3 is 10.1 Å². The largest absolute Gasteiger partial charge is 0.489 e. The van der Waals surface area contributed by atoms with Crippen LogP contribution < -0.4 is 10.1 Å². The molecule has 0 heterocycles. The molecule has 2 aromatic rings. The Morgan fingerprint density at radius 3 is 2.45 bits per heavy atom. The first-order valence-electron chi connectivity index (χ1n) is 6.83. The molecular formula is C17H20FNO. The summed E-state index contributed by atoms with van der Waals surface area (Å²) in [4.78, 5) is 0. The van der Waals surface area contributed by atoms with E-state index in [1.165, 1.54) is 17.7 Å². The first-order chi connectivity index (χ1) is 9.63. The molecule has 0 saturated heterocycles. The van der Waals surface area contributed by atoms with Gasteiger partial charge in [-0.3, -0.25) is 0 Å². The summed E-state index contributed by atoms with van der Waals surface area (Å²) in [5.41, 5.74) is 2.34. The Hall–Kier alpha value is -1.87. The number of ether oxygens (including phenoxy) is 1. The molecule has 0 spiro atoms. The van der Waals surface area contributed by atoms with Crippen LogP contribution in [-0.2, 0) is 13.2 Å². The minimum atomic E-state index is -0.251. The maximum atomic E-state index is 12.8. The van der Waals surface area contributed by atoms with Crippen LogP contribution in [0.3, 0.4) is 0 Å². The van der Waals surface area contributed by atoms with E-state index < -0.39 is 0 Å². The van der Waals surface area contributed by atoms with Crippen LogP contribution in [0.1, 0.15) is 25.0 Å². The van der Waals surface area contributed by atoms with Crippen molar-refractivity contribution >= 4 is 0 Å². The highest BCUT2D eigenvalue weighted by molar-refractivity contribution is 5.25. The van der Waals surface area contributed by atoms with Gasteiger partial charge in [0.25, 0.3) is 0 Å². The maximum absolute atomic E-state index is 12.8. The summed E-state index contributed by atoms with van der Waals surface area (Å²) in [6.45, 7) is 5.59. The Bertz CT molecular complexity index is 537. The molecule has 3 heteroatoms. The second-order valence-electron chi connectivity index (χ2n) is 5.10. The number of nitrogens with one attached hydrogen (secondary N) is 1. The standard InChI is InChI=1S/C17H20FNO/c1-13(2)19-11-14-4-3-5-15(10-14)12-20-17-8-6-16(18)7-9-17/h3-10,13,19H,11-12H2,1-2H3. The van der Waals surface area contributed by atoms with Crippen LogP contribution in [0.25, 0.3) is 0 Å². The smallest absolute Gasteiger partial charge is 0.123 e. The third kappa shape index (κ3) is 4.67. The third-order valence-electron chi connectivity index (χ3n) is 2.92. The Labute approximate surface area is 119 Å². The van der Waals surface area contributed by atoms with Crippen LogP contribution in [-0.4, -0.2) is 6.04 Å². The Morgan fingerprint density at radius 2 is 1.75 bits per heavy atom. The summed E-state index contributed by atoms with van der Waals surface area (Å²) < 4.78 is 18.4. The summed E-state index contributed by atoms with van der Waals surface area (Å²) in [7, 11) is 0. The van der Waals surface area contributed by atoms with Crippen molar-refractivity contribution < 1.29 is 9.13 Å². The van der Waals surface area contributed by atoms with E-state index in [2.05, 4.69) is 31.3 Å². The quantitative estimate of drug-likeness (QED) is 0.861. The summed E-state index contributed by atoms with van der Waals surface area (Å²) in [6, 6.07) is 14.8. The van der Waals surface area contributed by atoms with Gasteiger partial charge in [-0.25, -0.2) is 4.39 Å². The van der Waals surface area contributed by atoms with Crippen LogP contribution >= 0.6 is 0 Å². The molecular weight excluding hydrogens is 253 g/mol. The number of halogens is 1. The average molecular weight is 273 g/mol. The fourth-order valence-corrected chi connectivity index (χ4v) is 1.85. The predicted octanol–water partition coefficient (Wildman–Crippen LogP) is 3.90. The highest BCUT2D eigenvalue weighted by Gasteiger charge is 2.00. The van der Waals surface area contributed by atoms with Gasteiger partial charge in [-0.2, -0.15) is 0 Å². The molecule has 0 aliphatic carbocycles. The van der Waals surface area contributed by atoms with Gasteiger partial charge in [0.05, 0.1) is 0 Å². The monoisotopic (exact) mass is 273 g/mol. The first kappa shape index (κ1) is 14.5. The number of rotatable bonds is 6. The molecule has 0 aliphatic rings. The number of benzene rings is 2. The number of hydrogen-bond donors (Lipinski definition) is 1. The van der Waals surface area contributed by atoms with Gasteiger partial charge in [-0.15, -0.1) is 0 Å². The van der Waals surface area contributed by atoms with Crippen molar-refractivity contribution in [3.63, 3.8) is 0 Å². The minimum absolute atomic E-state index is 0.251. The lowest BCUT2D eigenvalue weighted by Gasteiger charge is -2.10. The molecule has 0 fully saturated rings. The van der Waals surface area contributed by atoms with Crippen molar-refractivity contribution in [3.8, 4) is 5.75 Å². The molecule has 106 valence electrons. The van der Waals surface area contributed by atoms with Gasteiger partial charge in [0.2, 0.25) is 0 Å². The van der Waals surface area contributed by atoms with Crippen molar-refractivity contribution in [2.75, 3.05) is 0 Å². The zero-order chi connectivity index (χ0) is 14.4. The van der Waals surface area contributed by atoms with Gasteiger partial charge in [0.15, 0.2) is 0 Å². The van der Waals surface area contributed by atoms with Crippen molar-refractivity contribution in [1.82, 2.24) is 5.32 Å². The fraction of sp³-hybridized carbons (Fsp3) is 0.294. The SMILES string of the molecule is CC(C)NCc1cccc(COc2ccc(F)cc2)c1. The predicted molar refractivity (Wildman–Crippen MR) is 79.1 cm³/mol. The van der Waals surface area contributed by atoms with Crippen molar-refractivity contribution in [3.05, 3.63) is 65.5 Å². The molecule has 0 unspecified atom stereocenters. The molecule has 0 saturated carbocycles. The molecule has 0 amide bonds. The van der Waals surface area contributed by atoms with Gasteiger partial charge in [-0.05, 0) is 35.4 Å². The second-order valence-corrected chi connectivity index (χ2v) is 5.10. The van der Waals surface area contributed by atoms with E-state index in [9.17, 15) is 4.39 Å². The lowest BCUT2D eigenvalue weighted by molar-refractivity contribution is 0.305. The highest BCUT2D eigenvalue weighted by atomic mass is 19.1. The molecule has 0 radical (unpaired) electrons. The zero-order valence-electron chi connectivity index (χ0n) is 11.9. The summed E-state index contributed by atoms with van der Waals surface area (Å²) in [6.07, 6.45) is 0. The van der Waals surface area contributed by atoms with Gasteiger partial charge in [-0.1, -0.05) is 38.1 Å². The molecule has 0 aliphatic heterocycles. The van der Waals surface area contributed by atoms with Crippen molar-refractivity contribution in [2.45, 2.75) is 33.0 Å². The third-order valence-corrected chi connectivity index (χ3v) is 2.92. The van der Waals surface area contributed by atoms with Crippen LogP contribution in [0, 0.1) is 5.82 Å². The molecule has 2 rings (SSSR count). The van der Waals surface area contributed by atoms with Crippen LogP contribution in [0.5, 0.6) is 5.75 Å². The van der Waals surface area contributed by atoms with E-state index in [4.69, 9.17) is 4.74 Å². The van der Waals surface area contributed by atoms with E-state index in [-0.39, 0.29) is 5.82 Å². The average Bonchev–Trinajstić information content (AvgIpc) is 2.45. The second kappa shape index (κ2) is 7.06. The highest BCUT2D eigenvalue weighted by Crippen LogP contribution is 2.14. The summed E-state index contributed by atoms with van der Waals surface area (Å²) in [5, 5.41) is 3.39. The topological polar surface area (TPSA) is 21.3 Å². The fourth-order valence-electron chi connectivity index (χ4n) is 1.85. The van der Waals surface area contributed by atoms with Gasteiger partial charge >= 0.3 is 0 Å². The molecule has 1 N–H and O–H groups in total. The minimum Gasteiger partial charge on any atom is -0.489 e. The van der Waals surface area contributed by atoms with E-state index >= 15 is 0 Å². The molecule has 2 nitrogen and oxygen atoms in total. The van der Waals surface area contributed by atoms with Crippen LogP contribution in [0.2, 0.25) is 0 Å². The normalized spacial score (nSPS) is 10.8. The lowest BCUT2D eigenvalue weighted by Crippen LogP contribution is -2.21. The summed E-state index contributed by atoms with van der Waals surface area (Å²) >= 11 is 0. The summed E-state index contributed by atoms with van der Waals surface area (Å²) in [5.74, 6) is 0.427. The van der Waals surface area contributed by atoms with Gasteiger partial charge in [0.1, 0.15) is 18.2 Å². The molecule has 2 aromatic carbocycles. The molecule has 0 atom stereocenters. The lowest BCUT2D eigenvalue weighted by atomic mass is 10.1. The Balaban J connectivity index is 1.92. The maximum Gasteiger partial charge on any atom is 0.123 e. The van der Waals surface area contributed by atoms with Crippen LogP contribution in [0.15, 0.2) is 48.5 Å². The first-order valence-corrected chi connectivity index (χ1v) is 6.83. The molecule has 0 aromatic heterocycles. The number of hydrogen-bond acceptors (Lipinski definition) is 2. The molecule has 20 heavy (non-hydrogen) atoms. The molecule has 0 bridgehead atoms. The van der Waals surface area contributed by atoms with Crippen LogP contribution in [0.4, 0.5) is 4.39 Å². The van der Waals surface area contributed by atoms with E-state index in [0.717, 1.165) is 12.1 Å². The van der Waals surface area contributed by atoms with E-state index in [1.54, 1.807) is 12.1 Å².